The molecule has 4 aliphatic rings. The number of ether oxygens (including phenoxy) is 1. The lowest BCUT2D eigenvalue weighted by Gasteiger charge is -2.37. The van der Waals surface area contributed by atoms with Gasteiger partial charge in [-0.05, 0) is 86.4 Å². The molecule has 1 saturated heterocycles. The fourth-order valence-corrected chi connectivity index (χ4v) is 6.79. The van der Waals surface area contributed by atoms with E-state index in [2.05, 4.69) is 49.1 Å². The van der Waals surface area contributed by atoms with Gasteiger partial charge >= 0.3 is 0 Å². The van der Waals surface area contributed by atoms with Crippen molar-refractivity contribution >= 4 is 73.1 Å². The Labute approximate surface area is 218 Å². The smallest absolute Gasteiger partial charge is 0.254 e. The first kappa shape index (κ1) is 23.1. The van der Waals surface area contributed by atoms with Gasteiger partial charge in [-0.1, -0.05) is 41.4 Å². The number of nitrogens with zero attached hydrogens (tertiary/aromatic N) is 2. The molecule has 0 unspecified atom stereocenters. The largest absolute Gasteiger partial charge is 0.486 e. The Kier molecular flexibility index (Phi) is 6.42. The van der Waals surface area contributed by atoms with Crippen LogP contribution in [0.1, 0.15) is 24.0 Å². The normalized spacial score (nSPS) is 25.9. The summed E-state index contributed by atoms with van der Waals surface area (Å²) in [6.45, 7) is 0.260. The molecule has 170 valence electrons. The second-order valence-corrected chi connectivity index (χ2v) is 11.0. The van der Waals surface area contributed by atoms with Gasteiger partial charge in [0.15, 0.2) is 0 Å². The van der Waals surface area contributed by atoms with E-state index < -0.39 is 0 Å². The highest BCUT2D eigenvalue weighted by Gasteiger charge is 2.56. The minimum Gasteiger partial charge on any atom is -0.486 e. The number of benzene rings is 2. The Balaban J connectivity index is 1.31. The molecule has 2 aromatic carbocycles. The third-order valence-corrected chi connectivity index (χ3v) is 8.23. The standard InChI is InChI=1S/C24H18Br2Cl2N2O3/c25-17-7-12(8-18(26)22(17)33-11-15-5-6-16(27)9-19(15)28)10-29-30-23(31)20-13-1-2-14(4-3-13)21(20)24(30)32/h1-2,5-10,13-14,20-21H,3-4,11H2/b29-10-/t13-,14-,20-,21+/m0/s1. The Morgan fingerprint density at radius 3 is 2.15 bits per heavy atom. The van der Waals surface area contributed by atoms with Crippen LogP contribution >= 0.6 is 55.1 Å². The van der Waals surface area contributed by atoms with Gasteiger partial charge in [-0.2, -0.15) is 10.1 Å². The highest BCUT2D eigenvalue weighted by Crippen LogP contribution is 2.49. The molecule has 1 aliphatic heterocycles. The SMILES string of the molecule is O=C1[C@@H]2[C@H](C(=O)N1/N=C\c1cc(Br)c(OCc3ccc(Cl)cc3Cl)c(Br)c1)[C@H]1C=C[C@H]2CC1. The van der Waals surface area contributed by atoms with E-state index in [0.29, 0.717) is 30.3 Å². The van der Waals surface area contributed by atoms with Gasteiger partial charge in [-0.15, -0.1) is 0 Å². The lowest BCUT2D eigenvalue weighted by molar-refractivity contribution is -0.140. The molecule has 6 rings (SSSR count). The van der Waals surface area contributed by atoms with Gasteiger partial charge < -0.3 is 4.74 Å². The molecule has 9 heteroatoms. The number of halogens is 4. The zero-order valence-corrected chi connectivity index (χ0v) is 21.9. The minimum absolute atomic E-state index is 0.144. The molecular weight excluding hydrogens is 595 g/mol. The number of hydrazone groups is 1. The first-order valence-electron chi connectivity index (χ1n) is 10.5. The first-order chi connectivity index (χ1) is 15.8. The molecule has 33 heavy (non-hydrogen) atoms. The summed E-state index contributed by atoms with van der Waals surface area (Å²) in [5.41, 5.74) is 1.52. The van der Waals surface area contributed by atoms with Gasteiger partial charge in [-0.3, -0.25) is 9.59 Å². The lowest BCUT2D eigenvalue weighted by atomic mass is 9.63. The molecule has 0 N–H and O–H groups in total. The van der Waals surface area contributed by atoms with Crippen molar-refractivity contribution in [1.29, 1.82) is 0 Å². The van der Waals surface area contributed by atoms with Crippen molar-refractivity contribution in [3.8, 4) is 5.75 Å². The van der Waals surface area contributed by atoms with Gasteiger partial charge in [0.25, 0.3) is 11.8 Å². The molecule has 1 saturated carbocycles. The van der Waals surface area contributed by atoms with Crippen LogP contribution < -0.4 is 4.74 Å². The van der Waals surface area contributed by atoms with Crippen molar-refractivity contribution in [2.24, 2.45) is 28.8 Å². The highest BCUT2D eigenvalue weighted by molar-refractivity contribution is 9.11. The Morgan fingerprint density at radius 2 is 1.61 bits per heavy atom. The van der Waals surface area contributed by atoms with Crippen LogP contribution in [0, 0.1) is 23.7 Å². The second kappa shape index (κ2) is 9.17. The summed E-state index contributed by atoms with van der Waals surface area (Å²) < 4.78 is 7.33. The van der Waals surface area contributed by atoms with Crippen LogP contribution in [0.3, 0.4) is 0 Å². The molecular formula is C24H18Br2Cl2N2O3. The van der Waals surface area contributed by atoms with E-state index in [-0.39, 0.29) is 42.1 Å². The number of carbonyl (C=O) groups is 2. The van der Waals surface area contributed by atoms with E-state index in [4.69, 9.17) is 27.9 Å². The summed E-state index contributed by atoms with van der Waals surface area (Å²) in [7, 11) is 0. The molecule has 2 aromatic rings. The number of hydrogen-bond acceptors (Lipinski definition) is 4. The van der Waals surface area contributed by atoms with Crippen molar-refractivity contribution < 1.29 is 14.3 Å². The topological polar surface area (TPSA) is 59.0 Å². The quantitative estimate of drug-likeness (QED) is 0.216. The lowest BCUT2D eigenvalue weighted by Crippen LogP contribution is -2.38. The van der Waals surface area contributed by atoms with Gasteiger partial charge in [0.1, 0.15) is 12.4 Å². The summed E-state index contributed by atoms with van der Waals surface area (Å²) in [4.78, 5) is 25.8. The van der Waals surface area contributed by atoms with Crippen LogP contribution in [0.4, 0.5) is 0 Å². The maximum Gasteiger partial charge on any atom is 0.254 e. The van der Waals surface area contributed by atoms with Crippen LogP contribution in [-0.4, -0.2) is 23.0 Å². The minimum atomic E-state index is -0.271. The second-order valence-electron chi connectivity index (χ2n) is 8.41. The molecule has 2 bridgehead atoms. The van der Waals surface area contributed by atoms with Gasteiger partial charge in [0, 0.05) is 15.6 Å². The third-order valence-electron chi connectivity index (χ3n) is 6.47. The third kappa shape index (κ3) is 4.29. The molecule has 0 spiro atoms. The van der Waals surface area contributed by atoms with E-state index >= 15 is 0 Å². The van der Waals surface area contributed by atoms with Crippen molar-refractivity contribution in [2.45, 2.75) is 19.4 Å². The van der Waals surface area contributed by atoms with E-state index in [9.17, 15) is 9.59 Å². The number of allylic oxidation sites excluding steroid dienone is 2. The maximum absolute atomic E-state index is 12.9. The van der Waals surface area contributed by atoms with Gasteiger partial charge in [-0.25, -0.2) is 0 Å². The summed E-state index contributed by atoms with van der Waals surface area (Å²) in [5, 5.41) is 6.42. The number of carbonyl (C=O) groups excluding carboxylic acids is 2. The fraction of sp³-hybridized carbons (Fsp3) is 0.292. The molecule has 3 aliphatic carbocycles. The first-order valence-corrected chi connectivity index (χ1v) is 12.8. The van der Waals surface area contributed by atoms with Crippen LogP contribution in [-0.2, 0) is 16.2 Å². The predicted octanol–water partition coefficient (Wildman–Crippen LogP) is 6.63. The van der Waals surface area contributed by atoms with E-state index in [1.165, 1.54) is 6.21 Å². The van der Waals surface area contributed by atoms with Crippen molar-refractivity contribution in [3.05, 3.63) is 72.6 Å². The van der Waals surface area contributed by atoms with Crippen molar-refractivity contribution in [3.63, 3.8) is 0 Å². The summed E-state index contributed by atoms with van der Waals surface area (Å²) in [6.07, 6.45) is 7.64. The molecule has 5 nitrogen and oxygen atoms in total. The van der Waals surface area contributed by atoms with Crippen LogP contribution in [0.25, 0.3) is 0 Å². The maximum atomic E-state index is 12.9. The molecule has 0 aromatic heterocycles. The average molecular weight is 613 g/mol. The van der Waals surface area contributed by atoms with E-state index in [0.717, 1.165) is 23.4 Å². The van der Waals surface area contributed by atoms with Crippen molar-refractivity contribution in [1.82, 2.24) is 5.01 Å². The van der Waals surface area contributed by atoms with E-state index in [1.807, 2.05) is 18.2 Å². The van der Waals surface area contributed by atoms with Crippen LogP contribution in [0.15, 0.2) is 56.5 Å². The summed E-state index contributed by atoms with van der Waals surface area (Å²) >= 11 is 19.2. The number of rotatable bonds is 5. The van der Waals surface area contributed by atoms with Gasteiger partial charge in [0.05, 0.1) is 27.0 Å². The van der Waals surface area contributed by atoms with Crippen LogP contribution in [0.5, 0.6) is 5.75 Å². The zero-order valence-electron chi connectivity index (χ0n) is 17.2. The Bertz CT molecular complexity index is 1160. The molecule has 2 amide bonds. The van der Waals surface area contributed by atoms with E-state index in [1.54, 1.807) is 12.1 Å². The Hall–Kier alpha value is -1.67. The van der Waals surface area contributed by atoms with Crippen molar-refractivity contribution in [2.75, 3.05) is 0 Å². The molecule has 1 heterocycles. The average Bonchev–Trinajstić information content (AvgIpc) is 3.06. The fourth-order valence-electron chi connectivity index (χ4n) is 4.88. The van der Waals surface area contributed by atoms with Gasteiger partial charge in [0.2, 0.25) is 0 Å². The highest BCUT2D eigenvalue weighted by atomic mass is 79.9. The monoisotopic (exact) mass is 610 g/mol. The molecule has 2 fully saturated rings. The number of amides is 2. The predicted molar refractivity (Wildman–Crippen MR) is 134 cm³/mol. The Morgan fingerprint density at radius 1 is 1.00 bits per heavy atom. The number of fused-ring (bicyclic) bond motifs is 1. The summed E-state index contributed by atoms with van der Waals surface area (Å²) in [6, 6.07) is 8.88. The zero-order chi connectivity index (χ0) is 23.3. The number of imide groups is 1. The number of hydrogen-bond donors (Lipinski definition) is 0. The summed E-state index contributed by atoms with van der Waals surface area (Å²) in [5.74, 6) is -0.0488. The molecule has 4 atom stereocenters. The van der Waals surface area contributed by atoms with Crippen LogP contribution in [0.2, 0.25) is 10.0 Å². The molecule has 0 radical (unpaired) electrons.